The van der Waals surface area contributed by atoms with Gasteiger partial charge in [0.05, 0.1) is 10.4 Å². The minimum atomic E-state index is -0.531. The molecule has 0 aromatic carbocycles. The summed E-state index contributed by atoms with van der Waals surface area (Å²) in [6, 6.07) is 0. The first-order valence-electron chi connectivity index (χ1n) is 5.99. The van der Waals surface area contributed by atoms with E-state index < -0.39 is 5.41 Å². The van der Waals surface area contributed by atoms with Crippen molar-refractivity contribution in [3.05, 3.63) is 0 Å². The van der Waals surface area contributed by atoms with Gasteiger partial charge in [-0.15, -0.1) is 0 Å². The van der Waals surface area contributed by atoms with Gasteiger partial charge >= 0.3 is 0 Å². The highest BCUT2D eigenvalue weighted by molar-refractivity contribution is 7.80. The first-order chi connectivity index (χ1) is 7.44. The van der Waals surface area contributed by atoms with Gasteiger partial charge < -0.3 is 10.6 Å². The van der Waals surface area contributed by atoms with Crippen molar-refractivity contribution >= 4 is 23.1 Å². The Morgan fingerprint density at radius 1 is 1.56 bits per heavy atom. The fraction of sp³-hybridized carbons (Fsp3) is 0.833. The van der Waals surface area contributed by atoms with Crippen molar-refractivity contribution in [2.24, 2.45) is 17.1 Å². The van der Waals surface area contributed by atoms with E-state index in [9.17, 15) is 4.79 Å². The lowest BCUT2D eigenvalue weighted by Crippen LogP contribution is -2.56. The molecule has 4 heteroatoms. The number of carbonyl (C=O) groups excluding carboxylic acids is 1. The van der Waals surface area contributed by atoms with E-state index in [2.05, 4.69) is 13.8 Å². The van der Waals surface area contributed by atoms with Gasteiger partial charge in [0.25, 0.3) is 0 Å². The monoisotopic (exact) mass is 242 g/mol. The van der Waals surface area contributed by atoms with Crippen LogP contribution in [0.1, 0.15) is 39.5 Å². The molecule has 92 valence electrons. The topological polar surface area (TPSA) is 46.3 Å². The zero-order valence-corrected chi connectivity index (χ0v) is 11.3. The number of carbonyl (C=O) groups is 1. The van der Waals surface area contributed by atoms with Gasteiger partial charge in [0, 0.05) is 13.6 Å². The zero-order chi connectivity index (χ0) is 12.3. The van der Waals surface area contributed by atoms with Crippen LogP contribution in [0.3, 0.4) is 0 Å². The van der Waals surface area contributed by atoms with Crippen LogP contribution in [0.4, 0.5) is 0 Å². The Hall–Kier alpha value is -0.640. The maximum atomic E-state index is 12.3. The highest BCUT2D eigenvalue weighted by atomic mass is 32.1. The highest BCUT2D eigenvalue weighted by Crippen LogP contribution is 2.46. The molecular formula is C12H22N2OS. The van der Waals surface area contributed by atoms with E-state index in [-0.39, 0.29) is 5.91 Å². The van der Waals surface area contributed by atoms with Crippen LogP contribution in [0.5, 0.6) is 0 Å². The van der Waals surface area contributed by atoms with Gasteiger partial charge in [-0.25, -0.2) is 0 Å². The molecule has 0 saturated heterocycles. The summed E-state index contributed by atoms with van der Waals surface area (Å²) >= 11 is 5.07. The summed E-state index contributed by atoms with van der Waals surface area (Å²) < 4.78 is 0. The third-order valence-electron chi connectivity index (χ3n) is 3.47. The quantitative estimate of drug-likeness (QED) is 0.750. The Labute approximate surface area is 103 Å². The molecule has 3 nitrogen and oxygen atoms in total. The second-order valence-corrected chi connectivity index (χ2v) is 5.48. The predicted octanol–water partition coefficient (Wildman–Crippen LogP) is 1.95. The van der Waals surface area contributed by atoms with E-state index in [1.54, 1.807) is 4.90 Å². The molecule has 1 saturated carbocycles. The average molecular weight is 242 g/mol. The van der Waals surface area contributed by atoms with E-state index in [1.807, 2.05) is 7.05 Å². The van der Waals surface area contributed by atoms with Crippen LogP contribution in [0.15, 0.2) is 0 Å². The molecule has 0 unspecified atom stereocenters. The molecule has 0 aromatic rings. The molecule has 1 aliphatic carbocycles. The van der Waals surface area contributed by atoms with Gasteiger partial charge in [0.2, 0.25) is 5.91 Å². The average Bonchev–Trinajstić information content (AvgIpc) is 2.19. The molecule has 1 amide bonds. The van der Waals surface area contributed by atoms with Gasteiger partial charge in [-0.2, -0.15) is 0 Å². The van der Waals surface area contributed by atoms with E-state index in [1.165, 1.54) is 0 Å². The van der Waals surface area contributed by atoms with Crippen molar-refractivity contribution in [2.45, 2.75) is 39.5 Å². The predicted molar refractivity (Wildman–Crippen MR) is 70.2 cm³/mol. The summed E-state index contributed by atoms with van der Waals surface area (Å²) in [7, 11) is 1.85. The number of amides is 1. The molecular weight excluding hydrogens is 220 g/mol. The molecule has 1 aliphatic rings. The van der Waals surface area contributed by atoms with Crippen molar-refractivity contribution < 1.29 is 4.79 Å². The number of thiocarbonyl (C=S) groups is 1. The molecule has 0 aromatic heterocycles. The number of nitrogens with two attached hydrogens (primary N) is 1. The van der Waals surface area contributed by atoms with Crippen LogP contribution in [0.2, 0.25) is 0 Å². The van der Waals surface area contributed by atoms with Crippen LogP contribution in [0.25, 0.3) is 0 Å². The molecule has 0 heterocycles. The van der Waals surface area contributed by atoms with Crippen molar-refractivity contribution in [3.8, 4) is 0 Å². The molecule has 0 radical (unpaired) electrons. The maximum absolute atomic E-state index is 12.3. The second-order valence-electron chi connectivity index (χ2n) is 5.04. The lowest BCUT2D eigenvalue weighted by atomic mass is 9.61. The van der Waals surface area contributed by atoms with Gasteiger partial charge in [-0.3, -0.25) is 4.79 Å². The van der Waals surface area contributed by atoms with E-state index >= 15 is 0 Å². The summed E-state index contributed by atoms with van der Waals surface area (Å²) in [6.07, 6.45) is 3.76. The van der Waals surface area contributed by atoms with Crippen molar-refractivity contribution in [3.63, 3.8) is 0 Å². The first kappa shape index (κ1) is 13.4. The van der Waals surface area contributed by atoms with Crippen LogP contribution in [0, 0.1) is 11.3 Å². The fourth-order valence-electron chi connectivity index (χ4n) is 2.47. The normalized spacial score (nSPS) is 28.3. The first-order valence-corrected chi connectivity index (χ1v) is 6.40. The zero-order valence-electron chi connectivity index (χ0n) is 10.5. The van der Waals surface area contributed by atoms with Crippen molar-refractivity contribution in [2.75, 3.05) is 13.6 Å². The lowest BCUT2D eigenvalue weighted by molar-refractivity contribution is -0.142. The summed E-state index contributed by atoms with van der Waals surface area (Å²) in [4.78, 5) is 14.5. The molecule has 16 heavy (non-hydrogen) atoms. The van der Waals surface area contributed by atoms with Crippen molar-refractivity contribution in [1.29, 1.82) is 0 Å². The SMILES string of the molecule is CCCCN(C)C(=O)C1(C(N)=S)CC(C)C1. The van der Waals surface area contributed by atoms with Gasteiger partial charge in [-0.05, 0) is 25.2 Å². The molecule has 1 fully saturated rings. The van der Waals surface area contributed by atoms with E-state index in [0.29, 0.717) is 10.9 Å². The third-order valence-corrected chi connectivity index (χ3v) is 3.86. The van der Waals surface area contributed by atoms with E-state index in [0.717, 1.165) is 32.2 Å². The highest BCUT2D eigenvalue weighted by Gasteiger charge is 2.51. The summed E-state index contributed by atoms with van der Waals surface area (Å²) in [5.41, 5.74) is 5.22. The summed E-state index contributed by atoms with van der Waals surface area (Å²) in [5.74, 6) is 0.677. The van der Waals surface area contributed by atoms with Crippen molar-refractivity contribution in [1.82, 2.24) is 4.90 Å². The molecule has 0 spiro atoms. The van der Waals surface area contributed by atoms with Crippen LogP contribution in [-0.2, 0) is 4.79 Å². The minimum Gasteiger partial charge on any atom is -0.392 e. The number of hydrogen-bond donors (Lipinski definition) is 1. The number of hydrogen-bond acceptors (Lipinski definition) is 2. The van der Waals surface area contributed by atoms with Crippen LogP contribution in [-0.4, -0.2) is 29.4 Å². The smallest absolute Gasteiger partial charge is 0.235 e. The second kappa shape index (κ2) is 5.13. The van der Waals surface area contributed by atoms with Crippen LogP contribution < -0.4 is 5.73 Å². The Morgan fingerprint density at radius 3 is 2.50 bits per heavy atom. The molecule has 1 rings (SSSR count). The summed E-state index contributed by atoms with van der Waals surface area (Å²) in [5, 5.41) is 0. The van der Waals surface area contributed by atoms with E-state index in [4.69, 9.17) is 18.0 Å². The molecule has 0 bridgehead atoms. The Balaban J connectivity index is 2.66. The maximum Gasteiger partial charge on any atom is 0.235 e. The number of rotatable bonds is 5. The van der Waals surface area contributed by atoms with Gasteiger partial charge in [-0.1, -0.05) is 32.5 Å². The molecule has 0 aliphatic heterocycles. The third kappa shape index (κ3) is 2.37. The van der Waals surface area contributed by atoms with Crippen LogP contribution >= 0.6 is 12.2 Å². The minimum absolute atomic E-state index is 0.117. The number of unbranched alkanes of at least 4 members (excludes halogenated alkanes) is 1. The van der Waals surface area contributed by atoms with Gasteiger partial charge in [0.1, 0.15) is 0 Å². The molecule has 0 atom stereocenters. The molecule has 2 N–H and O–H groups in total. The summed E-state index contributed by atoms with van der Waals surface area (Å²) in [6.45, 7) is 5.05. The Bertz CT molecular complexity index is 285. The Kier molecular flexibility index (Phi) is 4.30. The number of nitrogens with zero attached hydrogens (tertiary/aromatic N) is 1. The Morgan fingerprint density at radius 2 is 2.12 bits per heavy atom. The standard InChI is InChI=1S/C12H22N2OS/c1-4-5-6-14(3)11(15)12(10(13)16)7-9(2)8-12/h9H,4-8H2,1-3H3,(H2,13,16). The fourth-order valence-corrected chi connectivity index (χ4v) is 2.73. The van der Waals surface area contributed by atoms with Gasteiger partial charge in [0.15, 0.2) is 0 Å². The largest absolute Gasteiger partial charge is 0.392 e. The lowest BCUT2D eigenvalue weighted by Gasteiger charge is -2.46.